The van der Waals surface area contributed by atoms with E-state index in [2.05, 4.69) is 5.32 Å². The molecule has 1 heterocycles. The molecule has 0 radical (unpaired) electrons. The Hall–Kier alpha value is -4.24. The summed E-state index contributed by atoms with van der Waals surface area (Å²) in [5.41, 5.74) is 2.05. The lowest BCUT2D eigenvalue weighted by Crippen LogP contribution is -2.25. The number of imide groups is 1. The summed E-state index contributed by atoms with van der Waals surface area (Å²) in [6.45, 7) is 0. The molecule has 1 unspecified atom stereocenters. The zero-order valence-corrected chi connectivity index (χ0v) is 20.3. The molecule has 0 saturated carbocycles. The number of thioether (sulfide) groups is 1. The molecule has 36 heavy (non-hydrogen) atoms. The minimum atomic E-state index is -1.09. The number of carbonyl (C=O) groups is 3. The first-order valence-corrected chi connectivity index (χ1v) is 11.8. The first-order valence-electron chi connectivity index (χ1n) is 10.9. The maximum Gasteiger partial charge on any atom is 0.336 e. The second-order valence-electron chi connectivity index (χ2n) is 7.87. The first kappa shape index (κ1) is 24.9. The number of carbonyl (C=O) groups excluding carboxylic acids is 2. The van der Waals surface area contributed by atoms with Gasteiger partial charge in [0.05, 0.1) is 25.0 Å². The summed E-state index contributed by atoms with van der Waals surface area (Å²) in [6.07, 6.45) is 1.98. The van der Waals surface area contributed by atoms with Crippen LogP contribution in [0.5, 0.6) is 23.0 Å². The van der Waals surface area contributed by atoms with E-state index in [-0.39, 0.29) is 16.7 Å². The zero-order chi connectivity index (χ0) is 25.7. The second-order valence-corrected chi connectivity index (χ2v) is 9.05. The highest BCUT2D eigenvalue weighted by atomic mass is 32.2. The molecular formula is C27H23NO7S. The summed E-state index contributed by atoms with van der Waals surface area (Å²) < 4.78 is 16.5. The minimum absolute atomic E-state index is 0.0768. The van der Waals surface area contributed by atoms with E-state index in [0.717, 1.165) is 17.3 Å². The van der Waals surface area contributed by atoms with Crippen molar-refractivity contribution in [1.82, 2.24) is 5.32 Å². The fourth-order valence-corrected chi connectivity index (χ4v) is 4.51. The Bertz CT molecular complexity index is 1310. The van der Waals surface area contributed by atoms with Crippen LogP contribution in [0.3, 0.4) is 0 Å². The summed E-state index contributed by atoms with van der Waals surface area (Å²) in [5, 5.41) is 11.4. The predicted octanol–water partition coefficient (Wildman–Crippen LogP) is 5.02. The quantitative estimate of drug-likeness (QED) is 0.308. The van der Waals surface area contributed by atoms with Crippen LogP contribution in [-0.2, 0) is 16.0 Å². The van der Waals surface area contributed by atoms with Crippen molar-refractivity contribution in [1.29, 1.82) is 0 Å². The summed E-state index contributed by atoms with van der Waals surface area (Å²) in [5.74, 6) is 0.734. The van der Waals surface area contributed by atoms with Gasteiger partial charge in [0, 0.05) is 6.07 Å². The number of carboxylic acids is 1. The Morgan fingerprint density at radius 3 is 2.22 bits per heavy atom. The highest BCUT2D eigenvalue weighted by molar-refractivity contribution is 8.15. The summed E-state index contributed by atoms with van der Waals surface area (Å²) >= 11 is 0.988. The molecule has 1 fully saturated rings. The summed E-state index contributed by atoms with van der Waals surface area (Å²) in [7, 11) is 3.05. The number of benzene rings is 3. The molecule has 2 amide bonds. The molecule has 4 rings (SSSR count). The van der Waals surface area contributed by atoms with E-state index in [0.29, 0.717) is 40.5 Å². The minimum Gasteiger partial charge on any atom is -0.497 e. The van der Waals surface area contributed by atoms with E-state index in [4.69, 9.17) is 14.2 Å². The van der Waals surface area contributed by atoms with Crippen LogP contribution in [0.1, 0.15) is 16.7 Å². The molecular weight excluding hydrogens is 482 g/mol. The van der Waals surface area contributed by atoms with Crippen molar-refractivity contribution >= 4 is 40.5 Å². The van der Waals surface area contributed by atoms with Crippen molar-refractivity contribution in [3.05, 3.63) is 83.4 Å². The van der Waals surface area contributed by atoms with Crippen LogP contribution in [0.2, 0.25) is 0 Å². The average molecular weight is 506 g/mol. The Balaban J connectivity index is 1.53. The summed E-state index contributed by atoms with van der Waals surface area (Å²) in [4.78, 5) is 35.2. The Morgan fingerprint density at radius 1 is 0.944 bits per heavy atom. The van der Waals surface area contributed by atoms with Gasteiger partial charge in [0.2, 0.25) is 5.91 Å². The molecule has 9 heteroatoms. The normalized spacial score (nSPS) is 15.4. The van der Waals surface area contributed by atoms with Crippen LogP contribution in [0.4, 0.5) is 4.79 Å². The molecule has 8 nitrogen and oxygen atoms in total. The molecule has 1 atom stereocenters. The maximum absolute atomic E-state index is 12.1. The van der Waals surface area contributed by atoms with Gasteiger partial charge in [-0.1, -0.05) is 36.0 Å². The third-order valence-electron chi connectivity index (χ3n) is 5.41. The Labute approximate surface area is 211 Å². The van der Waals surface area contributed by atoms with Gasteiger partial charge in [0.15, 0.2) is 0 Å². The van der Waals surface area contributed by atoms with Gasteiger partial charge in [0.1, 0.15) is 23.0 Å². The lowest BCUT2D eigenvalue weighted by molar-refractivity contribution is -0.130. The number of methoxy groups -OCH3 is 2. The van der Waals surface area contributed by atoms with E-state index >= 15 is 0 Å². The Kier molecular flexibility index (Phi) is 7.60. The van der Waals surface area contributed by atoms with Gasteiger partial charge in [0.25, 0.3) is 5.24 Å². The number of hydrogen-bond acceptors (Lipinski definition) is 7. The fraction of sp³-hybridized carbons (Fsp3) is 0.148. The number of aliphatic carboxylic acids is 1. The molecule has 1 aliphatic rings. The third kappa shape index (κ3) is 6.05. The van der Waals surface area contributed by atoms with E-state index in [9.17, 15) is 19.5 Å². The van der Waals surface area contributed by atoms with Crippen LogP contribution >= 0.6 is 11.8 Å². The van der Waals surface area contributed by atoms with Gasteiger partial charge >= 0.3 is 5.97 Å². The SMILES string of the molecule is COc1cc(C=C(C(=O)O)c2cccc(Oc3ccc(CC4SC(=O)NC4=O)cc3)c2)cc(OC)c1. The number of amides is 2. The molecule has 0 aromatic heterocycles. The molecule has 0 bridgehead atoms. The van der Waals surface area contributed by atoms with Crippen molar-refractivity contribution in [2.24, 2.45) is 0 Å². The molecule has 3 aromatic carbocycles. The van der Waals surface area contributed by atoms with Gasteiger partial charge < -0.3 is 19.3 Å². The van der Waals surface area contributed by atoms with Crippen LogP contribution in [0, 0.1) is 0 Å². The number of carboxylic acid groups (broad SMARTS) is 1. The maximum atomic E-state index is 12.1. The van der Waals surface area contributed by atoms with Crippen LogP contribution < -0.4 is 19.5 Å². The van der Waals surface area contributed by atoms with Crippen molar-refractivity contribution in [3.8, 4) is 23.0 Å². The number of hydrogen-bond donors (Lipinski definition) is 2. The van der Waals surface area contributed by atoms with Gasteiger partial charge in [-0.25, -0.2) is 4.79 Å². The van der Waals surface area contributed by atoms with Gasteiger partial charge in [-0.05, 0) is 65.6 Å². The largest absolute Gasteiger partial charge is 0.497 e. The number of rotatable bonds is 9. The van der Waals surface area contributed by atoms with Crippen LogP contribution in [0.15, 0.2) is 66.7 Å². The van der Waals surface area contributed by atoms with Gasteiger partial charge in [-0.15, -0.1) is 0 Å². The van der Waals surface area contributed by atoms with Gasteiger partial charge in [-0.2, -0.15) is 0 Å². The standard InChI is InChI=1S/C27H23NO7S/c1-33-21-10-17(11-22(15-21)34-2)12-23(26(30)31)18-4-3-5-20(14-18)35-19-8-6-16(7-9-19)13-24-25(29)28-27(32)36-24/h3-12,14-15,24H,13H2,1-2H3,(H,30,31)(H,28,29,32). The smallest absolute Gasteiger partial charge is 0.336 e. The van der Waals surface area contributed by atoms with Crippen LogP contribution in [0.25, 0.3) is 11.6 Å². The zero-order valence-electron chi connectivity index (χ0n) is 19.5. The summed E-state index contributed by atoms with van der Waals surface area (Å²) in [6, 6.07) is 19.1. The van der Waals surface area contributed by atoms with E-state index in [1.807, 2.05) is 12.1 Å². The second kappa shape index (κ2) is 11.0. The van der Waals surface area contributed by atoms with E-state index < -0.39 is 11.2 Å². The fourth-order valence-electron chi connectivity index (χ4n) is 3.65. The van der Waals surface area contributed by atoms with Crippen molar-refractivity contribution in [2.75, 3.05) is 14.2 Å². The molecule has 1 saturated heterocycles. The van der Waals surface area contributed by atoms with Crippen LogP contribution in [-0.4, -0.2) is 41.7 Å². The number of ether oxygens (including phenoxy) is 3. The lowest BCUT2D eigenvalue weighted by atomic mass is 10.0. The molecule has 184 valence electrons. The van der Waals surface area contributed by atoms with Gasteiger partial charge in [-0.3, -0.25) is 14.9 Å². The molecule has 2 N–H and O–H groups in total. The monoisotopic (exact) mass is 505 g/mol. The Morgan fingerprint density at radius 2 is 1.64 bits per heavy atom. The molecule has 0 spiro atoms. The number of nitrogens with one attached hydrogen (secondary N) is 1. The molecule has 3 aromatic rings. The average Bonchev–Trinajstić information content (AvgIpc) is 3.19. The van der Waals surface area contributed by atoms with Crippen molar-refractivity contribution in [2.45, 2.75) is 11.7 Å². The van der Waals surface area contributed by atoms with Crippen molar-refractivity contribution in [3.63, 3.8) is 0 Å². The molecule has 1 aliphatic heterocycles. The topological polar surface area (TPSA) is 111 Å². The molecule has 0 aliphatic carbocycles. The first-order chi connectivity index (χ1) is 17.3. The lowest BCUT2D eigenvalue weighted by Gasteiger charge is -2.11. The highest BCUT2D eigenvalue weighted by Crippen LogP contribution is 2.30. The van der Waals surface area contributed by atoms with Crippen molar-refractivity contribution < 1.29 is 33.7 Å². The third-order valence-corrected chi connectivity index (χ3v) is 6.39. The highest BCUT2D eigenvalue weighted by Gasteiger charge is 2.31. The van der Waals surface area contributed by atoms with E-state index in [1.54, 1.807) is 60.7 Å². The predicted molar refractivity (Wildman–Crippen MR) is 137 cm³/mol. The van der Waals surface area contributed by atoms with E-state index in [1.165, 1.54) is 14.2 Å².